The van der Waals surface area contributed by atoms with E-state index in [-0.39, 0.29) is 0 Å². The number of amides is 4. The molecular weight excluding hydrogens is 1300 g/mol. The number of aliphatic hydroxyl groups excluding tert-OH is 20. The fourth-order valence-electron chi connectivity index (χ4n) is 11.7. The fourth-order valence-corrected chi connectivity index (χ4v) is 11.7. The van der Waals surface area contributed by atoms with Crippen LogP contribution in [0.1, 0.15) is 41.0 Å². The molecule has 0 aromatic rings. The zero-order valence-electron chi connectivity index (χ0n) is 51.6. The van der Waals surface area contributed by atoms with Crippen LogP contribution < -0.4 is 21.3 Å². The Morgan fingerprint density at radius 2 is 0.979 bits per heavy atom. The molecule has 6 fully saturated rings. The van der Waals surface area contributed by atoms with E-state index in [1.54, 1.807) is 0 Å². The molecule has 6 saturated heterocycles. The first-order chi connectivity index (χ1) is 44.6. The van der Waals surface area contributed by atoms with Gasteiger partial charge in [0.25, 0.3) is 5.79 Å². The molecule has 0 saturated carbocycles. The van der Waals surface area contributed by atoms with E-state index < -0.39 is 296 Å². The van der Waals surface area contributed by atoms with Crippen molar-refractivity contribution >= 4 is 29.6 Å². The van der Waals surface area contributed by atoms with Gasteiger partial charge in [0, 0.05) is 34.1 Å². The number of hydrogen-bond acceptors (Lipinski definition) is 37. The number of carbonyl (C=O) groups excluding carboxylic acids is 4. The van der Waals surface area contributed by atoms with E-state index in [1.807, 2.05) is 0 Å². The number of carboxylic acid groups (broad SMARTS) is 1. The summed E-state index contributed by atoms with van der Waals surface area (Å²) in [7, 11) is 0. The maximum Gasteiger partial charge on any atom is 0.364 e. The number of carboxylic acids is 1. The molecule has 35 atom stereocenters. The molecule has 42 heteroatoms. The van der Waals surface area contributed by atoms with Crippen molar-refractivity contribution in [2.75, 3.05) is 46.2 Å². The van der Waals surface area contributed by atoms with Crippen molar-refractivity contribution in [2.24, 2.45) is 0 Å². The minimum atomic E-state index is -3.43. The van der Waals surface area contributed by atoms with Gasteiger partial charge in [0.05, 0.1) is 70.5 Å². The van der Waals surface area contributed by atoms with Crippen LogP contribution in [0, 0.1) is 0 Å². The van der Waals surface area contributed by atoms with Gasteiger partial charge < -0.3 is 185 Å². The summed E-state index contributed by atoms with van der Waals surface area (Å²) in [4.78, 5) is 64.4. The third-order valence-electron chi connectivity index (χ3n) is 16.7. The Bertz CT molecular complexity index is 2470. The molecule has 0 aromatic carbocycles. The smallest absolute Gasteiger partial charge is 0.364 e. The normalized spacial score (nSPS) is 42.9. The van der Waals surface area contributed by atoms with Gasteiger partial charge in [-0.3, -0.25) is 19.2 Å². The summed E-state index contributed by atoms with van der Waals surface area (Å²) in [6, 6.07) is -7.49. The summed E-state index contributed by atoms with van der Waals surface area (Å²) in [6.45, 7) is -3.18. The number of hydrogen-bond donors (Lipinski definition) is 25. The molecule has 25 N–H and O–H groups in total. The van der Waals surface area contributed by atoms with Gasteiger partial charge in [0.2, 0.25) is 23.6 Å². The summed E-state index contributed by atoms with van der Waals surface area (Å²) in [5, 5.41) is 239. The minimum absolute atomic E-state index is 0.810. The topological polar surface area (TPSA) is 669 Å². The lowest BCUT2D eigenvalue weighted by molar-refractivity contribution is -0.388. The summed E-state index contributed by atoms with van der Waals surface area (Å²) < 4.78 is 70.5. The molecule has 0 aromatic heterocycles. The first kappa shape index (κ1) is 80.0. The van der Waals surface area contributed by atoms with Crippen molar-refractivity contribution < 1.29 is 188 Å². The Balaban J connectivity index is 1.39. The number of rotatable bonds is 29. The van der Waals surface area contributed by atoms with Gasteiger partial charge in [-0.05, 0) is 6.92 Å². The second-order valence-corrected chi connectivity index (χ2v) is 23.7. The first-order valence-electron chi connectivity index (χ1n) is 30.0. The van der Waals surface area contributed by atoms with Gasteiger partial charge in [-0.2, -0.15) is 0 Å². The van der Waals surface area contributed by atoms with E-state index in [0.717, 1.165) is 27.7 Å². The van der Waals surface area contributed by atoms with Gasteiger partial charge in [0.1, 0.15) is 152 Å². The molecule has 0 bridgehead atoms. The van der Waals surface area contributed by atoms with Crippen molar-refractivity contribution in [3.63, 3.8) is 0 Å². The van der Waals surface area contributed by atoms with Gasteiger partial charge >= 0.3 is 5.97 Å². The van der Waals surface area contributed by atoms with E-state index in [9.17, 15) is 131 Å². The maximum atomic E-state index is 13.8. The van der Waals surface area contributed by atoms with Crippen LogP contribution in [0.2, 0.25) is 0 Å². The van der Waals surface area contributed by atoms with Crippen LogP contribution in [0.5, 0.6) is 0 Å². The second-order valence-electron chi connectivity index (χ2n) is 23.7. The average molecular weight is 1390 g/mol. The maximum absolute atomic E-state index is 13.8. The molecule has 6 aliphatic heterocycles. The van der Waals surface area contributed by atoms with Gasteiger partial charge in [0.15, 0.2) is 31.5 Å². The summed E-state index contributed by atoms with van der Waals surface area (Å²) in [6.07, 6.45) is -63.8. The zero-order valence-corrected chi connectivity index (χ0v) is 51.6. The molecule has 4 amide bonds. The molecule has 6 rings (SSSR count). The number of ether oxygens (including phenoxy) is 12. The van der Waals surface area contributed by atoms with Crippen molar-refractivity contribution in [1.29, 1.82) is 0 Å². The highest BCUT2D eigenvalue weighted by molar-refractivity contribution is 5.77. The Labute approximate surface area is 539 Å². The number of nitrogens with one attached hydrogen (secondary N) is 4. The lowest BCUT2D eigenvalue weighted by atomic mass is 9.87. The first-order valence-corrected chi connectivity index (χ1v) is 30.0. The summed E-state index contributed by atoms with van der Waals surface area (Å²) >= 11 is 0. The Hall–Kier alpha value is -3.93. The van der Waals surface area contributed by atoms with Crippen LogP contribution in [0.15, 0.2) is 0 Å². The predicted octanol–water partition coefficient (Wildman–Crippen LogP) is -15.8. The monoisotopic (exact) mass is 1390 g/mol. The van der Waals surface area contributed by atoms with E-state index >= 15 is 0 Å². The van der Waals surface area contributed by atoms with E-state index in [4.69, 9.17) is 56.8 Å². The van der Waals surface area contributed by atoms with Gasteiger partial charge in [-0.15, -0.1) is 0 Å². The van der Waals surface area contributed by atoms with Gasteiger partial charge in [-0.25, -0.2) is 4.79 Å². The van der Waals surface area contributed by atoms with Crippen LogP contribution >= 0.6 is 0 Å². The molecule has 0 unspecified atom stereocenters. The predicted molar refractivity (Wildman–Crippen MR) is 296 cm³/mol. The van der Waals surface area contributed by atoms with Gasteiger partial charge in [-0.1, -0.05) is 0 Å². The molecule has 0 aliphatic carbocycles. The molecular formula is C53H90N4O38. The molecule has 6 aliphatic rings. The van der Waals surface area contributed by atoms with E-state index in [2.05, 4.69) is 21.3 Å². The molecule has 550 valence electrons. The van der Waals surface area contributed by atoms with Crippen molar-refractivity contribution in [1.82, 2.24) is 21.3 Å². The molecule has 95 heavy (non-hydrogen) atoms. The fraction of sp³-hybridized carbons (Fsp3) is 0.906. The van der Waals surface area contributed by atoms with E-state index in [0.29, 0.717) is 0 Å². The highest BCUT2D eigenvalue weighted by Crippen LogP contribution is 2.41. The molecule has 6 heterocycles. The highest BCUT2D eigenvalue weighted by Gasteiger charge is 2.62. The van der Waals surface area contributed by atoms with Crippen LogP contribution in [-0.4, -0.2) is 397 Å². The number of aliphatic hydroxyl groups is 20. The van der Waals surface area contributed by atoms with Crippen LogP contribution in [0.3, 0.4) is 0 Å². The minimum Gasteiger partial charge on any atom is -0.477 e. The quantitative estimate of drug-likeness (QED) is 0.0331. The number of carbonyl (C=O) groups is 5. The standard InChI is InChI=1S/C53H90N4O38/c1-14-30(71)36(77)39(80)49(85-14)93-46-37(78)34(75)24(10-61)87-51(46)90-41(19(7-58)54-15(2)64)32(73)22(70)13-84-47-29(57-18(5)67)45(95-53(52(82)83)6-20(68)27(55-16(3)65)44(94-53)31(72)21(69)8-59)43(26(12-63)88-47)92-50-40(81)38(79)42(25(11-62)89-50)91-48-28(56-17(4)66)35(76)33(74)23(9-60)86-48/h14,19-51,58-63,68-81H,6-13H2,1-5H3,(H,54,64)(H,55,65)(H,56,66)(H,57,67)(H,82,83)/t14-,19-,20-,21+,22+,23+,24+,25+,26+,27+,28+,29+,30+,31+,32-,33-,34-,35+,36+,37-,38+,39-,40+,41+,42-,43+,44+,45+,46+,47+,48-,49-,50-,51-,53-/m0/s1. The highest BCUT2D eigenvalue weighted by atomic mass is 16.8. The third-order valence-corrected chi connectivity index (χ3v) is 16.7. The Morgan fingerprint density at radius 1 is 0.495 bits per heavy atom. The largest absolute Gasteiger partial charge is 0.477 e. The second kappa shape index (κ2) is 34.9. The average Bonchev–Trinajstić information content (AvgIpc) is 0.754. The van der Waals surface area contributed by atoms with E-state index in [1.165, 1.54) is 6.92 Å². The van der Waals surface area contributed by atoms with Crippen molar-refractivity contribution in [2.45, 2.75) is 255 Å². The van der Waals surface area contributed by atoms with Crippen molar-refractivity contribution in [3.8, 4) is 0 Å². The molecule has 0 spiro atoms. The summed E-state index contributed by atoms with van der Waals surface area (Å²) in [5.74, 6) is -9.37. The van der Waals surface area contributed by atoms with Crippen LogP contribution in [0.25, 0.3) is 0 Å². The van der Waals surface area contributed by atoms with Crippen LogP contribution in [-0.2, 0) is 80.8 Å². The Morgan fingerprint density at radius 3 is 1.53 bits per heavy atom. The lowest BCUT2D eigenvalue weighted by Crippen LogP contribution is -2.73. The third kappa shape index (κ3) is 18.5. The molecule has 0 radical (unpaired) electrons. The van der Waals surface area contributed by atoms with Crippen molar-refractivity contribution in [3.05, 3.63) is 0 Å². The lowest BCUT2D eigenvalue weighted by Gasteiger charge is -2.52. The summed E-state index contributed by atoms with van der Waals surface area (Å²) in [5.41, 5.74) is 0. The SMILES string of the molecule is CC(=O)N[C@H]1[C@H](O[C@@H]2[C@H](O)[C@@H](O)[C@H](O[C@H]3[C@H](O[C@]4(C(=O)O)C[C@H](O)[C@@H](NC(C)=O)[C@H]([C@H](O)[C@H](O)CO)O4)[C@@H](NC(C)=O)[C@H](OC[C@@H](O)[C@H](O)[C@H](O[C@@H]4O[C@H](CO)[C@H](O)[C@H](O)[C@H]4O[C@@H]4O[C@@H](C)[C@@H](O)[C@@H](O)[C@@H]4O)[C@H](CO)NC(C)=O)O[C@@H]3CO)O[C@@H]2CO)O[C@H](CO)[C@H](O)[C@@H]1O. The van der Waals surface area contributed by atoms with Crippen LogP contribution in [0.4, 0.5) is 0 Å². The number of aliphatic carboxylic acids is 1. The molecule has 42 nitrogen and oxygen atoms in total. The Kier molecular flexibility index (Phi) is 29.4. The zero-order chi connectivity index (χ0) is 71.0.